The van der Waals surface area contributed by atoms with Crippen molar-refractivity contribution in [1.82, 2.24) is 10.6 Å². The van der Waals surface area contributed by atoms with Gasteiger partial charge >= 0.3 is 12.2 Å². The lowest BCUT2D eigenvalue weighted by Crippen LogP contribution is -2.38. The van der Waals surface area contributed by atoms with Crippen molar-refractivity contribution in [3.05, 3.63) is 47.3 Å². The fourth-order valence-corrected chi connectivity index (χ4v) is 2.59. The van der Waals surface area contributed by atoms with Crippen LogP contribution in [0, 0.1) is 0 Å². The summed E-state index contributed by atoms with van der Waals surface area (Å²) in [6.45, 7) is 2.90. The van der Waals surface area contributed by atoms with E-state index in [9.17, 15) is 23.1 Å². The van der Waals surface area contributed by atoms with E-state index in [-0.39, 0.29) is 12.1 Å². The Balaban J connectivity index is 2.03. The molecule has 2 rings (SSSR count). The van der Waals surface area contributed by atoms with Gasteiger partial charge in [0.15, 0.2) is 0 Å². The third-order valence-corrected chi connectivity index (χ3v) is 4.10. The summed E-state index contributed by atoms with van der Waals surface area (Å²) in [5.74, 6) is 0. The van der Waals surface area contributed by atoms with Crippen LogP contribution in [0.25, 0.3) is 0 Å². The first-order chi connectivity index (χ1) is 10.9. The van der Waals surface area contributed by atoms with E-state index in [2.05, 4.69) is 10.6 Å². The average molecular weight is 363 g/mol. The van der Waals surface area contributed by atoms with Crippen LogP contribution in [0.1, 0.15) is 26.7 Å². The van der Waals surface area contributed by atoms with Crippen molar-refractivity contribution in [3.8, 4) is 0 Å². The Labute approximate surface area is 142 Å². The second-order valence-corrected chi connectivity index (χ2v) is 7.08. The summed E-state index contributed by atoms with van der Waals surface area (Å²) >= 11 is 5.90. The highest BCUT2D eigenvalue weighted by atomic mass is 35.5. The minimum Gasteiger partial charge on any atom is -0.386 e. The highest BCUT2D eigenvalue weighted by Gasteiger charge is 2.45. The van der Waals surface area contributed by atoms with Crippen molar-refractivity contribution in [2.45, 2.75) is 43.3 Å². The molecule has 2 aliphatic rings. The van der Waals surface area contributed by atoms with Crippen molar-refractivity contribution in [2.75, 3.05) is 0 Å². The molecule has 0 saturated heterocycles. The molecule has 8 heteroatoms. The van der Waals surface area contributed by atoms with Crippen LogP contribution in [-0.4, -0.2) is 27.8 Å². The number of urea groups is 1. The van der Waals surface area contributed by atoms with Crippen molar-refractivity contribution < 1.29 is 23.1 Å². The maximum atomic E-state index is 13.0. The van der Waals surface area contributed by atoms with Crippen LogP contribution in [-0.2, 0) is 0 Å². The molecule has 3 N–H and O–H groups in total. The van der Waals surface area contributed by atoms with E-state index in [0.717, 1.165) is 6.08 Å². The Bertz CT molecular complexity index is 659. The number of rotatable bonds is 2. The maximum Gasteiger partial charge on any atom is 0.414 e. The van der Waals surface area contributed by atoms with Crippen LogP contribution in [0.2, 0.25) is 0 Å². The van der Waals surface area contributed by atoms with Gasteiger partial charge in [-0.25, -0.2) is 4.79 Å². The zero-order valence-corrected chi connectivity index (χ0v) is 13.9. The lowest BCUT2D eigenvalue weighted by Gasteiger charge is -2.30. The Morgan fingerprint density at radius 2 is 1.79 bits per heavy atom. The minimum absolute atomic E-state index is 0.0327. The number of allylic oxidation sites excluding steroid dienone is 4. The van der Waals surface area contributed by atoms with Crippen molar-refractivity contribution in [1.29, 1.82) is 0 Å². The van der Waals surface area contributed by atoms with Gasteiger partial charge in [-0.3, -0.25) is 0 Å². The van der Waals surface area contributed by atoms with Gasteiger partial charge in [0, 0.05) is 11.4 Å². The Morgan fingerprint density at radius 3 is 2.33 bits per heavy atom. The molecule has 0 spiro atoms. The van der Waals surface area contributed by atoms with Crippen LogP contribution < -0.4 is 10.6 Å². The number of halogens is 4. The molecule has 0 fully saturated rings. The Hall–Kier alpha value is -1.73. The molecule has 24 heavy (non-hydrogen) atoms. The maximum absolute atomic E-state index is 13.0. The number of carbonyl (C=O) groups excluding carboxylic acids is 1. The monoisotopic (exact) mass is 362 g/mol. The van der Waals surface area contributed by atoms with Gasteiger partial charge in [0.1, 0.15) is 0 Å². The van der Waals surface area contributed by atoms with Crippen LogP contribution >= 0.6 is 11.6 Å². The molecule has 0 aromatic carbocycles. The van der Waals surface area contributed by atoms with Gasteiger partial charge in [-0.15, -0.1) is 11.6 Å². The molecule has 0 radical (unpaired) electrons. The van der Waals surface area contributed by atoms with Crippen LogP contribution in [0.15, 0.2) is 47.3 Å². The first-order valence-electron chi connectivity index (χ1n) is 7.27. The molecule has 0 aliphatic heterocycles. The summed E-state index contributed by atoms with van der Waals surface area (Å²) in [6.07, 6.45) is 2.67. The highest BCUT2D eigenvalue weighted by molar-refractivity contribution is 6.26. The molecule has 132 valence electrons. The van der Waals surface area contributed by atoms with Crippen molar-refractivity contribution in [2.24, 2.45) is 0 Å². The molecular formula is C16H18ClF3N2O2. The second-order valence-electron chi connectivity index (χ2n) is 6.25. The Morgan fingerprint density at radius 1 is 1.21 bits per heavy atom. The zero-order valence-electron chi connectivity index (χ0n) is 13.2. The minimum atomic E-state index is -4.58. The number of amides is 2. The molecule has 0 saturated carbocycles. The first-order valence-corrected chi connectivity index (χ1v) is 7.65. The molecule has 0 aromatic heterocycles. The number of alkyl halides is 4. The fourth-order valence-electron chi connectivity index (χ4n) is 2.35. The summed E-state index contributed by atoms with van der Waals surface area (Å²) in [7, 11) is 0. The molecule has 2 aliphatic carbocycles. The summed E-state index contributed by atoms with van der Waals surface area (Å²) in [4.78, 5) is 10.4. The lowest BCUT2D eigenvalue weighted by atomic mass is 9.90. The van der Waals surface area contributed by atoms with E-state index in [1.54, 1.807) is 13.0 Å². The number of hydrogen-bond acceptors (Lipinski definition) is 2. The smallest absolute Gasteiger partial charge is 0.386 e. The largest absolute Gasteiger partial charge is 0.414 e. The van der Waals surface area contributed by atoms with Crippen molar-refractivity contribution >= 4 is 17.6 Å². The molecule has 4 nitrogen and oxygen atoms in total. The summed E-state index contributed by atoms with van der Waals surface area (Å²) < 4.78 is 39.1. The van der Waals surface area contributed by atoms with Gasteiger partial charge in [-0.1, -0.05) is 18.2 Å². The summed E-state index contributed by atoms with van der Waals surface area (Å²) in [5, 5.41) is 14.6. The SMILES string of the molecule is CC1(O)C=CC(NC(=O)NC2=CCC(C)(Cl)C(C(F)(F)F)=C2)=CC1. The highest BCUT2D eigenvalue weighted by Crippen LogP contribution is 2.42. The topological polar surface area (TPSA) is 61.4 Å². The molecule has 0 aromatic rings. The summed E-state index contributed by atoms with van der Waals surface area (Å²) in [5.41, 5.74) is -1.38. The van der Waals surface area contributed by atoms with Crippen LogP contribution in [0.4, 0.5) is 18.0 Å². The normalized spacial score (nSPS) is 30.2. The van der Waals surface area contributed by atoms with Gasteiger partial charge in [0.2, 0.25) is 0 Å². The van der Waals surface area contributed by atoms with E-state index < -0.39 is 28.3 Å². The predicted octanol–water partition coefficient (Wildman–Crippen LogP) is 3.65. The van der Waals surface area contributed by atoms with E-state index in [0.29, 0.717) is 12.1 Å². The van der Waals surface area contributed by atoms with Crippen molar-refractivity contribution in [3.63, 3.8) is 0 Å². The number of hydrogen-bond donors (Lipinski definition) is 3. The molecular weight excluding hydrogens is 345 g/mol. The van der Waals surface area contributed by atoms with E-state index >= 15 is 0 Å². The van der Waals surface area contributed by atoms with Gasteiger partial charge in [0.25, 0.3) is 0 Å². The van der Waals surface area contributed by atoms with E-state index in [1.807, 2.05) is 0 Å². The number of carbonyl (C=O) groups is 1. The second kappa shape index (κ2) is 6.29. The number of aliphatic hydroxyl groups is 1. The third kappa shape index (κ3) is 4.64. The molecule has 0 bridgehead atoms. The predicted molar refractivity (Wildman–Crippen MR) is 85.2 cm³/mol. The van der Waals surface area contributed by atoms with Gasteiger partial charge in [-0.05, 0) is 38.8 Å². The van der Waals surface area contributed by atoms with E-state index in [4.69, 9.17) is 11.6 Å². The zero-order chi connectivity index (χ0) is 18.2. The Kier molecular flexibility index (Phi) is 4.88. The number of nitrogens with one attached hydrogen (secondary N) is 2. The van der Waals surface area contributed by atoms with Gasteiger partial charge in [0.05, 0.1) is 16.0 Å². The van der Waals surface area contributed by atoms with Crippen LogP contribution in [0.3, 0.4) is 0 Å². The third-order valence-electron chi connectivity index (χ3n) is 3.75. The van der Waals surface area contributed by atoms with Gasteiger partial charge in [-0.2, -0.15) is 13.2 Å². The molecule has 0 heterocycles. The van der Waals surface area contributed by atoms with Gasteiger partial charge < -0.3 is 15.7 Å². The van der Waals surface area contributed by atoms with E-state index in [1.165, 1.54) is 25.2 Å². The lowest BCUT2D eigenvalue weighted by molar-refractivity contribution is -0.0970. The fraction of sp³-hybridized carbons (Fsp3) is 0.438. The quantitative estimate of drug-likeness (QED) is 0.657. The average Bonchev–Trinajstić information content (AvgIpc) is 2.42. The first kappa shape index (κ1) is 18.6. The molecule has 2 amide bonds. The molecule has 2 unspecified atom stereocenters. The van der Waals surface area contributed by atoms with Crippen LogP contribution in [0.5, 0.6) is 0 Å². The molecule has 2 atom stereocenters. The summed E-state index contributed by atoms with van der Waals surface area (Å²) in [6, 6.07) is -0.672. The standard InChI is InChI=1S/C16H18ClF3N2O2/c1-14(24)6-3-10(4-7-14)21-13(23)22-11-5-8-15(2,17)12(9-11)16(18,19)20/h3-6,9,24H,7-8H2,1-2H3,(H2,21,22,23).